The summed E-state index contributed by atoms with van der Waals surface area (Å²) < 4.78 is 19.5. The molecule has 19 heavy (non-hydrogen) atoms. The standard InChI is InChI=1S/C15H18FNO2/c1-4-12-7-10(2)14(13(16)8-12)15(18)17-5-6-19-11(3)9-17/h4,7-8,11H,1,5-6,9H2,2-3H3. The minimum absolute atomic E-state index is 0.00600. The molecule has 0 aromatic heterocycles. The molecule has 0 aliphatic carbocycles. The second-order valence-corrected chi connectivity index (χ2v) is 4.83. The quantitative estimate of drug-likeness (QED) is 0.821. The third-order valence-corrected chi connectivity index (χ3v) is 3.29. The number of hydrogen-bond donors (Lipinski definition) is 0. The smallest absolute Gasteiger partial charge is 0.257 e. The lowest BCUT2D eigenvalue weighted by molar-refractivity contribution is -0.0126. The molecule has 0 radical (unpaired) electrons. The van der Waals surface area contributed by atoms with Crippen LogP contribution in [0.15, 0.2) is 18.7 Å². The van der Waals surface area contributed by atoms with Gasteiger partial charge < -0.3 is 9.64 Å². The van der Waals surface area contributed by atoms with Crippen LogP contribution in [0.1, 0.15) is 28.4 Å². The average Bonchev–Trinajstić information content (AvgIpc) is 2.37. The van der Waals surface area contributed by atoms with Gasteiger partial charge in [0.1, 0.15) is 5.82 Å². The number of rotatable bonds is 2. The molecule has 1 aromatic carbocycles. The van der Waals surface area contributed by atoms with Gasteiger partial charge in [0.15, 0.2) is 0 Å². The molecule has 0 bridgehead atoms. The highest BCUT2D eigenvalue weighted by Crippen LogP contribution is 2.20. The molecule has 3 nitrogen and oxygen atoms in total. The predicted molar refractivity (Wildman–Crippen MR) is 72.5 cm³/mol. The van der Waals surface area contributed by atoms with Gasteiger partial charge in [0.25, 0.3) is 5.91 Å². The highest BCUT2D eigenvalue weighted by Gasteiger charge is 2.25. The molecule has 0 N–H and O–H groups in total. The summed E-state index contributed by atoms with van der Waals surface area (Å²) in [6.07, 6.45) is 1.56. The first-order valence-corrected chi connectivity index (χ1v) is 6.36. The van der Waals surface area contributed by atoms with E-state index in [0.29, 0.717) is 30.8 Å². The maximum atomic E-state index is 14.1. The minimum Gasteiger partial charge on any atom is -0.375 e. The first kappa shape index (κ1) is 13.7. The second kappa shape index (κ2) is 5.53. The van der Waals surface area contributed by atoms with Crippen LogP contribution in [0.2, 0.25) is 0 Å². The van der Waals surface area contributed by atoms with Crippen molar-refractivity contribution in [2.24, 2.45) is 0 Å². The van der Waals surface area contributed by atoms with E-state index >= 15 is 0 Å². The number of carbonyl (C=O) groups is 1. The Labute approximate surface area is 112 Å². The fourth-order valence-electron chi connectivity index (χ4n) is 2.32. The molecular weight excluding hydrogens is 245 g/mol. The lowest BCUT2D eigenvalue weighted by Crippen LogP contribution is -2.45. The topological polar surface area (TPSA) is 29.5 Å². The van der Waals surface area contributed by atoms with E-state index in [2.05, 4.69) is 6.58 Å². The molecule has 1 fully saturated rings. The van der Waals surface area contributed by atoms with E-state index < -0.39 is 5.82 Å². The Balaban J connectivity index is 2.30. The third-order valence-electron chi connectivity index (χ3n) is 3.29. The maximum absolute atomic E-state index is 14.1. The first-order chi connectivity index (χ1) is 9.02. The Bertz CT molecular complexity index is 490. The largest absolute Gasteiger partial charge is 0.375 e. The number of ether oxygens (including phenoxy) is 1. The van der Waals surface area contributed by atoms with Gasteiger partial charge in [-0.25, -0.2) is 4.39 Å². The van der Waals surface area contributed by atoms with Crippen LogP contribution in [0.4, 0.5) is 4.39 Å². The average molecular weight is 263 g/mol. The Morgan fingerprint density at radius 3 is 2.89 bits per heavy atom. The van der Waals surface area contributed by atoms with Crippen LogP contribution in [0.5, 0.6) is 0 Å². The number of halogens is 1. The van der Waals surface area contributed by atoms with Crippen molar-refractivity contribution in [1.82, 2.24) is 4.90 Å². The summed E-state index contributed by atoms with van der Waals surface area (Å²) in [5.41, 5.74) is 1.47. The van der Waals surface area contributed by atoms with Crippen molar-refractivity contribution in [2.45, 2.75) is 20.0 Å². The first-order valence-electron chi connectivity index (χ1n) is 6.36. The SMILES string of the molecule is C=Cc1cc(C)c(C(=O)N2CCOC(C)C2)c(F)c1. The molecule has 1 atom stereocenters. The number of benzene rings is 1. The fraction of sp³-hybridized carbons (Fsp3) is 0.400. The van der Waals surface area contributed by atoms with E-state index in [-0.39, 0.29) is 17.6 Å². The van der Waals surface area contributed by atoms with E-state index in [1.165, 1.54) is 6.07 Å². The molecule has 2 rings (SSSR count). The van der Waals surface area contributed by atoms with E-state index in [1.54, 1.807) is 24.0 Å². The van der Waals surface area contributed by atoms with E-state index in [4.69, 9.17) is 4.74 Å². The summed E-state index contributed by atoms with van der Waals surface area (Å²) in [6.45, 7) is 8.76. The zero-order valence-corrected chi connectivity index (χ0v) is 11.3. The molecule has 4 heteroatoms. The van der Waals surface area contributed by atoms with E-state index in [9.17, 15) is 9.18 Å². The summed E-state index contributed by atoms with van der Waals surface area (Å²) in [5, 5.41) is 0. The highest BCUT2D eigenvalue weighted by atomic mass is 19.1. The number of carbonyl (C=O) groups excluding carboxylic acids is 1. The minimum atomic E-state index is -0.487. The summed E-state index contributed by atoms with van der Waals surface area (Å²) in [4.78, 5) is 14.0. The van der Waals surface area contributed by atoms with Crippen molar-refractivity contribution in [2.75, 3.05) is 19.7 Å². The number of nitrogens with zero attached hydrogens (tertiary/aromatic N) is 1. The molecule has 0 saturated carbocycles. The Morgan fingerprint density at radius 1 is 1.58 bits per heavy atom. The van der Waals surface area contributed by atoms with Crippen LogP contribution in [0, 0.1) is 12.7 Å². The van der Waals surface area contributed by atoms with Gasteiger partial charge in [-0.1, -0.05) is 18.7 Å². The van der Waals surface area contributed by atoms with Gasteiger partial charge in [-0.3, -0.25) is 4.79 Å². The van der Waals surface area contributed by atoms with Gasteiger partial charge >= 0.3 is 0 Å². The lowest BCUT2D eigenvalue weighted by Gasteiger charge is -2.31. The number of hydrogen-bond acceptors (Lipinski definition) is 2. The van der Waals surface area contributed by atoms with Crippen LogP contribution in [-0.4, -0.2) is 36.6 Å². The van der Waals surface area contributed by atoms with Crippen LogP contribution in [0.3, 0.4) is 0 Å². The Kier molecular flexibility index (Phi) is 4.00. The lowest BCUT2D eigenvalue weighted by atomic mass is 10.0. The third kappa shape index (κ3) is 2.84. The predicted octanol–water partition coefficient (Wildman–Crippen LogP) is 2.64. The Hall–Kier alpha value is -1.68. The maximum Gasteiger partial charge on any atom is 0.257 e. The number of aryl methyl sites for hydroxylation is 1. The second-order valence-electron chi connectivity index (χ2n) is 4.83. The van der Waals surface area contributed by atoms with Crippen LogP contribution >= 0.6 is 0 Å². The van der Waals surface area contributed by atoms with Crippen molar-refractivity contribution < 1.29 is 13.9 Å². The van der Waals surface area contributed by atoms with Crippen LogP contribution in [-0.2, 0) is 4.74 Å². The molecule has 102 valence electrons. The molecule has 1 aromatic rings. The number of morpholine rings is 1. The molecule has 1 unspecified atom stereocenters. The van der Waals surface area contributed by atoms with E-state index in [1.807, 2.05) is 6.92 Å². The normalized spacial score (nSPS) is 19.3. The molecular formula is C15H18FNO2. The van der Waals surface area contributed by atoms with Gasteiger partial charge in [-0.15, -0.1) is 0 Å². The van der Waals surface area contributed by atoms with Crippen molar-refractivity contribution >= 4 is 12.0 Å². The van der Waals surface area contributed by atoms with Gasteiger partial charge in [0.05, 0.1) is 18.3 Å². The monoisotopic (exact) mass is 263 g/mol. The summed E-state index contributed by atoms with van der Waals surface area (Å²) in [6, 6.07) is 3.12. The van der Waals surface area contributed by atoms with Gasteiger partial charge in [0, 0.05) is 13.1 Å². The fourth-order valence-corrected chi connectivity index (χ4v) is 2.32. The molecule has 0 spiro atoms. The summed E-state index contributed by atoms with van der Waals surface area (Å²) >= 11 is 0. The zero-order chi connectivity index (χ0) is 14.0. The summed E-state index contributed by atoms with van der Waals surface area (Å²) in [5.74, 6) is -0.750. The van der Waals surface area contributed by atoms with Crippen molar-refractivity contribution in [3.05, 3.63) is 41.2 Å². The van der Waals surface area contributed by atoms with Crippen molar-refractivity contribution in [3.8, 4) is 0 Å². The van der Waals surface area contributed by atoms with Gasteiger partial charge in [-0.05, 0) is 31.0 Å². The van der Waals surface area contributed by atoms with Crippen LogP contribution < -0.4 is 0 Å². The van der Waals surface area contributed by atoms with E-state index in [0.717, 1.165) is 0 Å². The van der Waals surface area contributed by atoms with Crippen molar-refractivity contribution in [3.63, 3.8) is 0 Å². The van der Waals surface area contributed by atoms with Crippen LogP contribution in [0.25, 0.3) is 6.08 Å². The van der Waals surface area contributed by atoms with Crippen molar-refractivity contribution in [1.29, 1.82) is 0 Å². The molecule has 1 heterocycles. The molecule has 1 aliphatic heterocycles. The number of amides is 1. The molecule has 1 saturated heterocycles. The molecule has 1 aliphatic rings. The van der Waals surface area contributed by atoms with Gasteiger partial charge in [0.2, 0.25) is 0 Å². The Morgan fingerprint density at radius 2 is 2.32 bits per heavy atom. The zero-order valence-electron chi connectivity index (χ0n) is 11.3. The summed E-state index contributed by atoms with van der Waals surface area (Å²) in [7, 11) is 0. The van der Waals surface area contributed by atoms with Gasteiger partial charge in [-0.2, -0.15) is 0 Å². The molecule has 1 amide bonds. The highest BCUT2D eigenvalue weighted by molar-refractivity contribution is 5.96.